The lowest BCUT2D eigenvalue weighted by atomic mass is 10.1. The first-order valence-corrected chi connectivity index (χ1v) is 6.37. The summed E-state index contributed by atoms with van der Waals surface area (Å²) in [6.45, 7) is 2.08. The zero-order valence-corrected chi connectivity index (χ0v) is 11.7. The largest absolute Gasteiger partial charge is 0.493 e. The van der Waals surface area contributed by atoms with Gasteiger partial charge in [-0.05, 0) is 12.5 Å². The Balaban J connectivity index is 3.13. The van der Waals surface area contributed by atoms with Crippen LogP contribution in [0.1, 0.15) is 25.3 Å². The summed E-state index contributed by atoms with van der Waals surface area (Å²) in [5.74, 6) is -0.285. The van der Waals surface area contributed by atoms with E-state index in [-0.39, 0.29) is 6.54 Å². The molecule has 1 aromatic rings. The maximum Gasteiger partial charge on any atom is 0.344 e. The topological polar surface area (TPSA) is 81.8 Å². The van der Waals surface area contributed by atoms with E-state index in [0.717, 1.165) is 0 Å². The number of hydrogen-bond donors (Lipinski definition) is 2. The van der Waals surface area contributed by atoms with Crippen LogP contribution in [-0.2, 0) is 11.3 Å². The number of methoxy groups -OCH3 is 1. The van der Waals surface area contributed by atoms with Crippen molar-refractivity contribution >= 4 is 17.6 Å². The van der Waals surface area contributed by atoms with E-state index >= 15 is 0 Å². The van der Waals surface area contributed by atoms with Crippen molar-refractivity contribution in [3.05, 3.63) is 22.7 Å². The molecule has 0 aromatic heterocycles. The Labute approximate surface area is 117 Å². The molecule has 0 saturated heterocycles. The quantitative estimate of drug-likeness (QED) is 0.805. The molecule has 1 atom stereocenters. The third-order valence-electron chi connectivity index (χ3n) is 2.62. The van der Waals surface area contributed by atoms with Crippen LogP contribution in [-0.4, -0.2) is 24.3 Å². The van der Waals surface area contributed by atoms with E-state index in [9.17, 15) is 4.79 Å². The van der Waals surface area contributed by atoms with Gasteiger partial charge in [0, 0.05) is 23.2 Å². The zero-order chi connectivity index (χ0) is 14.4. The van der Waals surface area contributed by atoms with Crippen molar-refractivity contribution in [1.29, 1.82) is 0 Å². The van der Waals surface area contributed by atoms with Crippen LogP contribution >= 0.6 is 11.6 Å². The lowest BCUT2D eigenvalue weighted by Gasteiger charge is -2.19. The van der Waals surface area contributed by atoms with E-state index in [1.54, 1.807) is 12.1 Å². The minimum Gasteiger partial charge on any atom is -0.493 e. The van der Waals surface area contributed by atoms with Crippen molar-refractivity contribution in [1.82, 2.24) is 0 Å². The summed E-state index contributed by atoms with van der Waals surface area (Å²) in [5, 5.41) is 9.59. The molecule has 3 N–H and O–H groups in total. The lowest BCUT2D eigenvalue weighted by molar-refractivity contribution is -0.145. The van der Waals surface area contributed by atoms with Crippen molar-refractivity contribution < 1.29 is 19.4 Å². The van der Waals surface area contributed by atoms with E-state index in [2.05, 4.69) is 0 Å². The zero-order valence-electron chi connectivity index (χ0n) is 11.0. The molecule has 6 heteroatoms. The highest BCUT2D eigenvalue weighted by Gasteiger charge is 2.22. The van der Waals surface area contributed by atoms with Gasteiger partial charge in [0.05, 0.1) is 7.11 Å². The van der Waals surface area contributed by atoms with Gasteiger partial charge in [0.25, 0.3) is 0 Å². The fourth-order valence-corrected chi connectivity index (χ4v) is 1.93. The van der Waals surface area contributed by atoms with Crippen molar-refractivity contribution in [2.24, 2.45) is 5.73 Å². The Morgan fingerprint density at radius 2 is 2.21 bits per heavy atom. The number of aliphatic carboxylic acids is 1. The summed E-state index contributed by atoms with van der Waals surface area (Å²) < 4.78 is 10.7. The number of nitrogens with two attached hydrogens (primary N) is 1. The van der Waals surface area contributed by atoms with E-state index in [1.165, 1.54) is 7.11 Å². The van der Waals surface area contributed by atoms with Gasteiger partial charge in [-0.15, -0.1) is 0 Å². The molecule has 0 aliphatic rings. The highest BCUT2D eigenvalue weighted by atomic mass is 35.5. The maximum atomic E-state index is 11.1. The van der Waals surface area contributed by atoms with E-state index in [0.29, 0.717) is 34.9 Å². The first kappa shape index (κ1) is 15.6. The van der Waals surface area contributed by atoms with Gasteiger partial charge in [0.2, 0.25) is 0 Å². The summed E-state index contributed by atoms with van der Waals surface area (Å²) in [7, 11) is 1.47. The molecule has 0 aliphatic heterocycles. The van der Waals surface area contributed by atoms with Gasteiger partial charge in [-0.1, -0.05) is 24.9 Å². The molecule has 1 unspecified atom stereocenters. The van der Waals surface area contributed by atoms with Gasteiger partial charge in [-0.25, -0.2) is 4.79 Å². The minimum atomic E-state index is -1.01. The monoisotopic (exact) mass is 287 g/mol. The molecule has 5 nitrogen and oxygen atoms in total. The van der Waals surface area contributed by atoms with Gasteiger partial charge < -0.3 is 20.3 Å². The van der Waals surface area contributed by atoms with Gasteiger partial charge >= 0.3 is 5.97 Å². The Hall–Kier alpha value is -1.46. The summed E-state index contributed by atoms with van der Waals surface area (Å²) in [5.41, 5.74) is 6.24. The number of benzene rings is 1. The molecule has 1 rings (SSSR count). The van der Waals surface area contributed by atoms with Crippen LogP contribution in [0, 0.1) is 0 Å². The van der Waals surface area contributed by atoms with Crippen LogP contribution in [0.15, 0.2) is 12.1 Å². The van der Waals surface area contributed by atoms with Gasteiger partial charge in [0.1, 0.15) is 0 Å². The smallest absolute Gasteiger partial charge is 0.344 e. The van der Waals surface area contributed by atoms with E-state index in [1.807, 2.05) is 6.92 Å². The number of carboxylic acid groups (broad SMARTS) is 1. The minimum absolute atomic E-state index is 0.185. The fourth-order valence-electron chi connectivity index (χ4n) is 1.70. The van der Waals surface area contributed by atoms with Crippen LogP contribution in [0.2, 0.25) is 5.02 Å². The highest BCUT2D eigenvalue weighted by molar-refractivity contribution is 6.30. The standard InChI is InChI=1S/C13H18ClNO4/c1-3-4-10(13(16)17)19-12-8(7-15)5-9(14)6-11(12)18-2/h5-6,10H,3-4,7,15H2,1-2H3,(H,16,17). The fraction of sp³-hybridized carbons (Fsp3) is 0.462. The number of ether oxygens (including phenoxy) is 2. The summed E-state index contributed by atoms with van der Waals surface area (Å²) in [6.07, 6.45) is 0.182. The molecule has 0 fully saturated rings. The summed E-state index contributed by atoms with van der Waals surface area (Å²) in [4.78, 5) is 11.1. The predicted molar refractivity (Wildman–Crippen MR) is 72.9 cm³/mol. The van der Waals surface area contributed by atoms with E-state index in [4.69, 9.17) is 31.9 Å². The number of carboxylic acids is 1. The lowest BCUT2D eigenvalue weighted by Crippen LogP contribution is -2.27. The molecule has 106 valence electrons. The highest BCUT2D eigenvalue weighted by Crippen LogP contribution is 2.35. The molecule has 0 bridgehead atoms. The van der Waals surface area contributed by atoms with Gasteiger partial charge in [-0.2, -0.15) is 0 Å². The summed E-state index contributed by atoms with van der Waals surface area (Å²) in [6, 6.07) is 3.21. The van der Waals surface area contributed by atoms with Crippen molar-refractivity contribution in [3.63, 3.8) is 0 Å². The predicted octanol–water partition coefficient (Wildman–Crippen LogP) is 2.44. The molecular formula is C13H18ClNO4. The Morgan fingerprint density at radius 1 is 1.53 bits per heavy atom. The maximum absolute atomic E-state index is 11.1. The van der Waals surface area contributed by atoms with Crippen LogP contribution < -0.4 is 15.2 Å². The van der Waals surface area contributed by atoms with Gasteiger partial charge in [-0.3, -0.25) is 0 Å². The van der Waals surface area contributed by atoms with Crippen molar-refractivity contribution in [2.75, 3.05) is 7.11 Å². The molecule has 19 heavy (non-hydrogen) atoms. The Bertz CT molecular complexity index is 425. The van der Waals surface area contributed by atoms with Crippen LogP contribution in [0.5, 0.6) is 11.5 Å². The average molecular weight is 288 g/mol. The molecular weight excluding hydrogens is 270 g/mol. The molecule has 1 aromatic carbocycles. The second-order valence-electron chi connectivity index (χ2n) is 4.03. The second-order valence-corrected chi connectivity index (χ2v) is 4.47. The first-order chi connectivity index (χ1) is 9.03. The van der Waals surface area contributed by atoms with Crippen molar-refractivity contribution in [3.8, 4) is 11.5 Å². The second kappa shape index (κ2) is 7.21. The Kier molecular flexibility index (Phi) is 5.92. The molecule has 0 saturated carbocycles. The van der Waals surface area contributed by atoms with Crippen LogP contribution in [0.4, 0.5) is 0 Å². The number of rotatable bonds is 7. The third kappa shape index (κ3) is 4.01. The van der Waals surface area contributed by atoms with Crippen molar-refractivity contribution in [2.45, 2.75) is 32.4 Å². The number of carbonyl (C=O) groups is 1. The molecule has 0 aliphatic carbocycles. The number of hydrogen-bond acceptors (Lipinski definition) is 4. The first-order valence-electron chi connectivity index (χ1n) is 5.99. The third-order valence-corrected chi connectivity index (χ3v) is 2.84. The normalized spacial score (nSPS) is 12.0. The summed E-state index contributed by atoms with van der Waals surface area (Å²) >= 11 is 5.93. The average Bonchev–Trinajstić information content (AvgIpc) is 2.38. The van der Waals surface area contributed by atoms with Crippen LogP contribution in [0.25, 0.3) is 0 Å². The van der Waals surface area contributed by atoms with Crippen LogP contribution in [0.3, 0.4) is 0 Å². The molecule has 0 heterocycles. The molecule has 0 spiro atoms. The van der Waals surface area contributed by atoms with E-state index < -0.39 is 12.1 Å². The number of halogens is 1. The Morgan fingerprint density at radius 3 is 2.68 bits per heavy atom. The molecule has 0 radical (unpaired) electrons. The van der Waals surface area contributed by atoms with Gasteiger partial charge in [0.15, 0.2) is 17.6 Å². The SMILES string of the molecule is CCCC(Oc1c(CN)cc(Cl)cc1OC)C(=O)O. The molecule has 0 amide bonds.